The van der Waals surface area contributed by atoms with Gasteiger partial charge in [0.05, 0.1) is 5.69 Å². The highest BCUT2D eigenvalue weighted by molar-refractivity contribution is 7.98. The molecule has 0 saturated heterocycles. The molecular formula is C25H29ClN4OS. The van der Waals surface area contributed by atoms with E-state index in [4.69, 9.17) is 11.6 Å². The summed E-state index contributed by atoms with van der Waals surface area (Å²) in [4.78, 5) is 16.5. The standard InChI is InChI=1S/C25H29ClN4OS/c1-17(2)30(15-18-8-5-4-6-9-18)13-7-12-27-25(31)23-21-16-32-22-11-10-19(26)14-20(22)24(21)29(3)28-23/h4-6,8-11,14,17H,7,12-13,15-16H2,1-3H3,(H,27,31). The summed E-state index contributed by atoms with van der Waals surface area (Å²) in [5.41, 5.74) is 4.85. The number of amides is 1. The van der Waals surface area contributed by atoms with Crippen molar-refractivity contribution in [3.05, 3.63) is 70.4 Å². The van der Waals surface area contributed by atoms with Crippen LogP contribution in [0.15, 0.2) is 53.4 Å². The number of nitrogens with zero attached hydrogens (tertiary/aromatic N) is 3. The summed E-state index contributed by atoms with van der Waals surface area (Å²) in [6.07, 6.45) is 0.888. The van der Waals surface area contributed by atoms with Crippen molar-refractivity contribution in [1.82, 2.24) is 20.0 Å². The van der Waals surface area contributed by atoms with Crippen LogP contribution in [0.1, 0.15) is 41.9 Å². The fourth-order valence-electron chi connectivity index (χ4n) is 4.09. The molecule has 0 unspecified atom stereocenters. The summed E-state index contributed by atoms with van der Waals surface area (Å²) in [7, 11) is 1.89. The van der Waals surface area contributed by atoms with E-state index in [0.717, 1.165) is 42.1 Å². The van der Waals surface area contributed by atoms with E-state index < -0.39 is 0 Å². The van der Waals surface area contributed by atoms with Crippen LogP contribution in [0.25, 0.3) is 11.3 Å². The van der Waals surface area contributed by atoms with E-state index in [0.29, 0.717) is 23.3 Å². The Morgan fingerprint density at radius 1 is 1.25 bits per heavy atom. The van der Waals surface area contributed by atoms with Gasteiger partial charge >= 0.3 is 0 Å². The van der Waals surface area contributed by atoms with Gasteiger partial charge in [-0.25, -0.2) is 0 Å². The summed E-state index contributed by atoms with van der Waals surface area (Å²) in [6.45, 7) is 6.89. The van der Waals surface area contributed by atoms with Gasteiger partial charge in [-0.2, -0.15) is 5.10 Å². The number of carbonyl (C=O) groups excluding carboxylic acids is 1. The zero-order valence-corrected chi connectivity index (χ0v) is 20.3. The zero-order valence-electron chi connectivity index (χ0n) is 18.8. The molecule has 5 nitrogen and oxygen atoms in total. The third-order valence-electron chi connectivity index (χ3n) is 5.80. The van der Waals surface area contributed by atoms with E-state index in [1.165, 1.54) is 10.5 Å². The van der Waals surface area contributed by atoms with Crippen LogP contribution in [0, 0.1) is 0 Å². The molecule has 0 atom stereocenters. The van der Waals surface area contributed by atoms with Crippen LogP contribution in [0.4, 0.5) is 0 Å². The van der Waals surface area contributed by atoms with Crippen molar-refractivity contribution in [3.63, 3.8) is 0 Å². The summed E-state index contributed by atoms with van der Waals surface area (Å²) in [5.74, 6) is 0.630. The molecule has 1 aromatic heterocycles. The molecule has 168 valence electrons. The fourth-order valence-corrected chi connectivity index (χ4v) is 5.31. The molecule has 1 aliphatic rings. The number of benzene rings is 2. The summed E-state index contributed by atoms with van der Waals surface area (Å²) in [6, 6.07) is 16.8. The molecule has 0 spiro atoms. The lowest BCUT2D eigenvalue weighted by Crippen LogP contribution is -2.34. The Kier molecular flexibility index (Phi) is 7.23. The van der Waals surface area contributed by atoms with E-state index in [1.807, 2.05) is 31.3 Å². The topological polar surface area (TPSA) is 50.2 Å². The predicted octanol–water partition coefficient (Wildman–Crippen LogP) is 5.38. The first-order valence-corrected chi connectivity index (χ1v) is 12.3. The van der Waals surface area contributed by atoms with Crippen molar-refractivity contribution >= 4 is 29.3 Å². The molecule has 2 aromatic carbocycles. The largest absolute Gasteiger partial charge is 0.351 e. The molecule has 0 saturated carbocycles. The third kappa shape index (κ3) is 5.03. The summed E-state index contributed by atoms with van der Waals surface area (Å²) >= 11 is 7.95. The summed E-state index contributed by atoms with van der Waals surface area (Å²) < 4.78 is 1.81. The fraction of sp³-hybridized carbons (Fsp3) is 0.360. The minimum Gasteiger partial charge on any atom is -0.351 e. The second kappa shape index (κ2) is 10.1. The van der Waals surface area contributed by atoms with Crippen molar-refractivity contribution in [1.29, 1.82) is 0 Å². The average molecular weight is 469 g/mol. The number of carbonyl (C=O) groups is 1. The van der Waals surface area contributed by atoms with Gasteiger partial charge in [-0.05, 0) is 44.0 Å². The van der Waals surface area contributed by atoms with Crippen LogP contribution >= 0.6 is 23.4 Å². The first-order chi connectivity index (χ1) is 15.4. The van der Waals surface area contributed by atoms with E-state index in [-0.39, 0.29) is 5.91 Å². The lowest BCUT2D eigenvalue weighted by molar-refractivity contribution is 0.0944. The second-order valence-electron chi connectivity index (χ2n) is 8.39. The quantitative estimate of drug-likeness (QED) is 0.451. The summed E-state index contributed by atoms with van der Waals surface area (Å²) in [5, 5.41) is 8.33. The molecule has 1 aliphatic heterocycles. The molecule has 1 amide bonds. The van der Waals surface area contributed by atoms with Gasteiger partial charge in [-0.1, -0.05) is 41.9 Å². The van der Waals surface area contributed by atoms with Crippen LogP contribution in [0.3, 0.4) is 0 Å². The Hall–Kier alpha value is -2.28. The van der Waals surface area contributed by atoms with Crippen LogP contribution in [0.5, 0.6) is 0 Å². The zero-order chi connectivity index (χ0) is 22.7. The minimum atomic E-state index is -0.105. The molecular weight excluding hydrogens is 440 g/mol. The monoisotopic (exact) mass is 468 g/mol. The van der Waals surface area contributed by atoms with Gasteiger partial charge in [0.15, 0.2) is 5.69 Å². The van der Waals surface area contributed by atoms with Gasteiger partial charge in [-0.15, -0.1) is 11.8 Å². The normalized spacial score (nSPS) is 12.7. The van der Waals surface area contributed by atoms with Crippen LogP contribution in [0.2, 0.25) is 5.02 Å². The maximum Gasteiger partial charge on any atom is 0.272 e. The molecule has 0 radical (unpaired) electrons. The van der Waals surface area contributed by atoms with E-state index in [9.17, 15) is 4.79 Å². The highest BCUT2D eigenvalue weighted by Crippen LogP contribution is 2.43. The average Bonchev–Trinajstić information content (AvgIpc) is 3.13. The van der Waals surface area contributed by atoms with Crippen molar-refractivity contribution in [2.45, 2.75) is 43.5 Å². The molecule has 1 N–H and O–H groups in total. The molecule has 32 heavy (non-hydrogen) atoms. The van der Waals surface area contributed by atoms with Crippen molar-refractivity contribution in [2.75, 3.05) is 13.1 Å². The Labute approximate surface area is 199 Å². The Morgan fingerprint density at radius 3 is 2.78 bits per heavy atom. The van der Waals surface area contributed by atoms with E-state index in [2.05, 4.69) is 53.4 Å². The molecule has 2 heterocycles. The van der Waals surface area contributed by atoms with E-state index >= 15 is 0 Å². The Morgan fingerprint density at radius 2 is 2.03 bits per heavy atom. The van der Waals surface area contributed by atoms with Crippen molar-refractivity contribution < 1.29 is 4.79 Å². The Balaban J connectivity index is 1.38. The number of fused-ring (bicyclic) bond motifs is 3. The number of halogens is 1. The highest BCUT2D eigenvalue weighted by Gasteiger charge is 2.27. The van der Waals surface area contributed by atoms with Crippen LogP contribution in [-0.4, -0.2) is 39.7 Å². The maximum atomic E-state index is 12.9. The maximum absolute atomic E-state index is 12.9. The molecule has 7 heteroatoms. The molecule has 3 aromatic rings. The molecule has 4 rings (SSSR count). The van der Waals surface area contributed by atoms with Crippen LogP contribution < -0.4 is 5.32 Å². The van der Waals surface area contributed by atoms with Gasteiger partial charge < -0.3 is 5.32 Å². The number of nitrogens with one attached hydrogen (secondary N) is 1. The lowest BCUT2D eigenvalue weighted by Gasteiger charge is -2.26. The van der Waals surface area contributed by atoms with Crippen LogP contribution in [-0.2, 0) is 19.3 Å². The smallest absolute Gasteiger partial charge is 0.272 e. The first kappa shape index (κ1) is 22.9. The third-order valence-corrected chi connectivity index (χ3v) is 7.13. The molecule has 0 aliphatic carbocycles. The minimum absolute atomic E-state index is 0.105. The highest BCUT2D eigenvalue weighted by atomic mass is 35.5. The van der Waals surface area contributed by atoms with E-state index in [1.54, 1.807) is 16.4 Å². The first-order valence-electron chi connectivity index (χ1n) is 11.0. The van der Waals surface area contributed by atoms with Crippen molar-refractivity contribution in [3.8, 4) is 11.3 Å². The second-order valence-corrected chi connectivity index (χ2v) is 9.84. The lowest BCUT2D eigenvalue weighted by atomic mass is 10.1. The Bertz CT molecular complexity index is 1100. The SMILES string of the molecule is CC(C)N(CCCNC(=O)c1nn(C)c2c1CSc1ccc(Cl)cc1-2)Cc1ccccc1. The number of aromatic nitrogens is 2. The molecule has 0 bridgehead atoms. The van der Waals surface area contributed by atoms with Gasteiger partial charge in [0.1, 0.15) is 0 Å². The van der Waals surface area contributed by atoms with Gasteiger partial charge in [0.25, 0.3) is 5.91 Å². The number of aryl methyl sites for hydroxylation is 1. The predicted molar refractivity (Wildman–Crippen MR) is 132 cm³/mol. The van der Waals surface area contributed by atoms with Gasteiger partial charge in [0.2, 0.25) is 0 Å². The number of hydrogen-bond acceptors (Lipinski definition) is 4. The number of thioether (sulfide) groups is 1. The van der Waals surface area contributed by atoms with Gasteiger partial charge in [-0.3, -0.25) is 14.4 Å². The number of hydrogen-bond donors (Lipinski definition) is 1. The van der Waals surface area contributed by atoms with Crippen molar-refractivity contribution in [2.24, 2.45) is 7.05 Å². The number of rotatable bonds is 8. The molecule has 0 fully saturated rings. The van der Waals surface area contributed by atoms with Gasteiger partial charge in [0, 0.05) is 59.5 Å².